The minimum absolute atomic E-state index is 0.160. The van der Waals surface area contributed by atoms with E-state index >= 15 is 0 Å². The van der Waals surface area contributed by atoms with Crippen molar-refractivity contribution >= 4 is 29.1 Å². The molecule has 0 N–H and O–H groups in total. The molecule has 16 heavy (non-hydrogen) atoms. The first-order chi connectivity index (χ1) is 7.59. The first-order valence-corrected chi connectivity index (χ1v) is 6.06. The molecule has 1 aliphatic rings. The molecule has 0 saturated carbocycles. The van der Waals surface area contributed by atoms with Gasteiger partial charge in [0, 0.05) is 19.5 Å². The molecule has 0 aromatic heterocycles. The number of alkyl halides is 2. The largest absolute Gasteiger partial charge is 0.340 e. The third-order valence-corrected chi connectivity index (χ3v) is 3.51. The second kappa shape index (κ2) is 4.64. The van der Waals surface area contributed by atoms with Gasteiger partial charge in [-0.2, -0.15) is 0 Å². The van der Waals surface area contributed by atoms with Crippen LogP contribution in [0.1, 0.15) is 12.0 Å². The number of rotatable bonds is 3. The van der Waals surface area contributed by atoms with Gasteiger partial charge in [0.1, 0.15) is 0 Å². The molecule has 1 fully saturated rings. The second-order valence-electron chi connectivity index (χ2n) is 3.98. The molecule has 86 valence electrons. The number of amides is 1. The summed E-state index contributed by atoms with van der Waals surface area (Å²) in [6.07, 6.45) is 1.36. The second-order valence-corrected chi connectivity index (χ2v) is 5.47. The Morgan fingerprint density at radius 1 is 1.25 bits per heavy atom. The molecule has 0 unspecified atom stereocenters. The Hall–Kier alpha value is -0.730. The van der Waals surface area contributed by atoms with Gasteiger partial charge in [0.15, 0.2) is 4.33 Å². The van der Waals surface area contributed by atoms with Crippen LogP contribution < -0.4 is 0 Å². The van der Waals surface area contributed by atoms with Crippen LogP contribution in [0.25, 0.3) is 0 Å². The van der Waals surface area contributed by atoms with Gasteiger partial charge in [-0.3, -0.25) is 4.79 Å². The number of carbonyl (C=O) groups excluding carboxylic acids is 1. The third-order valence-electron chi connectivity index (χ3n) is 2.81. The lowest BCUT2D eigenvalue weighted by molar-refractivity contribution is -0.128. The van der Waals surface area contributed by atoms with Crippen LogP contribution in [0.15, 0.2) is 30.3 Å². The predicted octanol–water partition coefficient (Wildman–Crippen LogP) is 2.64. The summed E-state index contributed by atoms with van der Waals surface area (Å²) >= 11 is 11.7. The van der Waals surface area contributed by atoms with Crippen molar-refractivity contribution in [1.29, 1.82) is 0 Å². The van der Waals surface area contributed by atoms with Crippen molar-refractivity contribution < 1.29 is 4.79 Å². The monoisotopic (exact) mass is 257 g/mol. The maximum Gasteiger partial charge on any atom is 0.259 e. The van der Waals surface area contributed by atoms with Gasteiger partial charge in [0.2, 0.25) is 0 Å². The topological polar surface area (TPSA) is 20.3 Å². The Morgan fingerprint density at radius 3 is 2.50 bits per heavy atom. The van der Waals surface area contributed by atoms with Crippen LogP contribution in [0.2, 0.25) is 0 Å². The maximum absolute atomic E-state index is 11.7. The van der Waals surface area contributed by atoms with Crippen LogP contribution in [0.5, 0.6) is 0 Å². The van der Waals surface area contributed by atoms with Gasteiger partial charge in [0.25, 0.3) is 5.91 Å². The van der Waals surface area contributed by atoms with E-state index in [0.29, 0.717) is 19.5 Å². The zero-order chi connectivity index (χ0) is 11.6. The summed E-state index contributed by atoms with van der Waals surface area (Å²) in [5, 5.41) is 0. The van der Waals surface area contributed by atoms with Gasteiger partial charge in [-0.15, -0.1) is 0 Å². The zero-order valence-corrected chi connectivity index (χ0v) is 10.3. The normalized spacial score (nSPS) is 19.1. The van der Waals surface area contributed by atoms with Crippen molar-refractivity contribution in [2.45, 2.75) is 17.2 Å². The molecule has 1 aliphatic heterocycles. The van der Waals surface area contributed by atoms with Crippen LogP contribution in [-0.4, -0.2) is 28.2 Å². The lowest BCUT2D eigenvalue weighted by Gasteiger charge is -2.17. The molecule has 1 aromatic carbocycles. The molecular formula is C12H13Cl2NO. The third kappa shape index (κ3) is 2.50. The number of benzene rings is 1. The predicted molar refractivity (Wildman–Crippen MR) is 65.8 cm³/mol. The molecule has 4 heteroatoms. The number of carbonyl (C=O) groups is 1. The molecule has 0 atom stereocenters. The van der Waals surface area contributed by atoms with E-state index in [4.69, 9.17) is 23.2 Å². The van der Waals surface area contributed by atoms with E-state index in [1.165, 1.54) is 5.56 Å². The van der Waals surface area contributed by atoms with Crippen LogP contribution in [0, 0.1) is 0 Å². The Kier molecular flexibility index (Phi) is 3.41. The summed E-state index contributed by atoms with van der Waals surface area (Å²) in [5.41, 5.74) is 1.22. The summed E-state index contributed by atoms with van der Waals surface area (Å²) in [6, 6.07) is 10.1. The molecule has 0 aliphatic carbocycles. The van der Waals surface area contributed by atoms with Crippen molar-refractivity contribution in [3.8, 4) is 0 Å². The average molecular weight is 258 g/mol. The Labute approximate surface area is 105 Å². The highest BCUT2D eigenvalue weighted by atomic mass is 35.5. The van der Waals surface area contributed by atoms with Crippen LogP contribution in [0.4, 0.5) is 0 Å². The smallest absolute Gasteiger partial charge is 0.259 e. The van der Waals surface area contributed by atoms with Gasteiger partial charge < -0.3 is 4.90 Å². The van der Waals surface area contributed by atoms with Crippen LogP contribution >= 0.6 is 23.2 Å². The fourth-order valence-corrected chi connectivity index (χ4v) is 2.25. The summed E-state index contributed by atoms with van der Waals surface area (Å²) in [5.74, 6) is -0.160. The molecule has 2 rings (SSSR count). The summed E-state index contributed by atoms with van der Waals surface area (Å²) in [6.45, 7) is 1.34. The first-order valence-electron chi connectivity index (χ1n) is 5.31. The lowest BCUT2D eigenvalue weighted by atomic mass is 10.1. The summed E-state index contributed by atoms with van der Waals surface area (Å²) in [4.78, 5) is 13.4. The molecule has 0 bridgehead atoms. The molecular weight excluding hydrogens is 245 g/mol. The standard InChI is InChI=1S/C12H13Cl2NO/c13-12(14)7-9-15(11(12)16)8-6-10-4-2-1-3-5-10/h1-5H,6-9H2. The van der Waals surface area contributed by atoms with Gasteiger partial charge in [-0.05, 0) is 12.0 Å². The first kappa shape index (κ1) is 11.7. The fraction of sp³-hybridized carbons (Fsp3) is 0.417. The average Bonchev–Trinajstić information content (AvgIpc) is 2.54. The van der Waals surface area contributed by atoms with E-state index in [1.807, 2.05) is 18.2 Å². The number of hydrogen-bond acceptors (Lipinski definition) is 1. The van der Waals surface area contributed by atoms with E-state index in [0.717, 1.165) is 6.42 Å². The summed E-state index contributed by atoms with van der Waals surface area (Å²) in [7, 11) is 0. The fourth-order valence-electron chi connectivity index (χ4n) is 1.84. The minimum atomic E-state index is -1.20. The van der Waals surface area contributed by atoms with E-state index in [9.17, 15) is 4.79 Å². The lowest BCUT2D eigenvalue weighted by Crippen LogP contribution is -2.33. The molecule has 1 heterocycles. The Bertz CT molecular complexity index is 378. The van der Waals surface area contributed by atoms with E-state index in [-0.39, 0.29) is 5.91 Å². The maximum atomic E-state index is 11.7. The minimum Gasteiger partial charge on any atom is -0.340 e. The summed E-state index contributed by atoms with van der Waals surface area (Å²) < 4.78 is -1.20. The SMILES string of the molecule is O=C1N(CCc2ccccc2)CCC1(Cl)Cl. The number of nitrogens with zero attached hydrogens (tertiary/aromatic N) is 1. The van der Waals surface area contributed by atoms with Gasteiger partial charge in [-0.1, -0.05) is 53.5 Å². The highest BCUT2D eigenvalue weighted by Crippen LogP contribution is 2.33. The van der Waals surface area contributed by atoms with Crippen LogP contribution in [0.3, 0.4) is 0 Å². The van der Waals surface area contributed by atoms with Crippen molar-refractivity contribution in [2.75, 3.05) is 13.1 Å². The Balaban J connectivity index is 1.91. The highest BCUT2D eigenvalue weighted by Gasteiger charge is 2.43. The van der Waals surface area contributed by atoms with Crippen molar-refractivity contribution in [3.05, 3.63) is 35.9 Å². The van der Waals surface area contributed by atoms with E-state index in [1.54, 1.807) is 4.90 Å². The van der Waals surface area contributed by atoms with Crippen molar-refractivity contribution in [3.63, 3.8) is 0 Å². The van der Waals surface area contributed by atoms with Crippen LogP contribution in [-0.2, 0) is 11.2 Å². The molecule has 1 amide bonds. The molecule has 1 saturated heterocycles. The number of hydrogen-bond donors (Lipinski definition) is 0. The molecule has 0 radical (unpaired) electrons. The quantitative estimate of drug-likeness (QED) is 0.763. The number of likely N-dealkylation sites (tertiary alicyclic amines) is 1. The van der Waals surface area contributed by atoms with Gasteiger partial charge >= 0.3 is 0 Å². The van der Waals surface area contributed by atoms with E-state index < -0.39 is 4.33 Å². The zero-order valence-electron chi connectivity index (χ0n) is 8.83. The van der Waals surface area contributed by atoms with Crippen molar-refractivity contribution in [2.24, 2.45) is 0 Å². The highest BCUT2D eigenvalue weighted by molar-refractivity contribution is 6.58. The van der Waals surface area contributed by atoms with Gasteiger partial charge in [-0.25, -0.2) is 0 Å². The molecule has 2 nitrogen and oxygen atoms in total. The Morgan fingerprint density at radius 2 is 1.94 bits per heavy atom. The van der Waals surface area contributed by atoms with Gasteiger partial charge in [0.05, 0.1) is 0 Å². The molecule has 1 aromatic rings. The number of halogens is 2. The van der Waals surface area contributed by atoms with E-state index in [2.05, 4.69) is 12.1 Å². The molecule has 0 spiro atoms. The van der Waals surface area contributed by atoms with Crippen molar-refractivity contribution in [1.82, 2.24) is 4.90 Å².